The van der Waals surface area contributed by atoms with Crippen LogP contribution < -0.4 is 5.32 Å². The van der Waals surface area contributed by atoms with Gasteiger partial charge in [-0.15, -0.1) is 12.3 Å². The van der Waals surface area contributed by atoms with Crippen LogP contribution in [0.1, 0.15) is 27.2 Å². The largest absolute Gasteiger partial charge is 0.444 e. The maximum atomic E-state index is 11.2. The highest BCUT2D eigenvalue weighted by molar-refractivity contribution is 5.67. The molecule has 1 aliphatic rings. The molecule has 0 spiro atoms. The number of terminal acetylenes is 1. The summed E-state index contributed by atoms with van der Waals surface area (Å²) in [5.41, 5.74) is -0.431. The lowest BCUT2D eigenvalue weighted by Gasteiger charge is -2.19. The number of alkyl carbamates (subject to hydrolysis) is 1. The first-order valence-electron chi connectivity index (χ1n) is 4.85. The minimum atomic E-state index is -0.431. The standard InChI is InChI=1S/C11H17NO2/c1-5-8-6-9(8)7-12-10(13)14-11(2,3)4/h1,8-9H,6-7H2,2-4H3,(H,12,13)/t8-,9-/m1/s1. The van der Waals surface area contributed by atoms with Gasteiger partial charge in [0, 0.05) is 12.5 Å². The summed E-state index contributed by atoms with van der Waals surface area (Å²) in [6.07, 6.45) is 5.90. The number of hydrogen-bond acceptors (Lipinski definition) is 2. The molecule has 1 fully saturated rings. The van der Waals surface area contributed by atoms with Gasteiger partial charge in [-0.2, -0.15) is 0 Å². The zero-order valence-electron chi connectivity index (χ0n) is 8.96. The van der Waals surface area contributed by atoms with Crippen LogP contribution in [-0.2, 0) is 4.74 Å². The molecule has 1 saturated carbocycles. The van der Waals surface area contributed by atoms with Crippen LogP contribution in [0.2, 0.25) is 0 Å². The summed E-state index contributed by atoms with van der Waals surface area (Å²) in [6, 6.07) is 0. The van der Waals surface area contributed by atoms with E-state index in [1.165, 1.54) is 0 Å². The highest BCUT2D eigenvalue weighted by Crippen LogP contribution is 2.36. The molecule has 0 aromatic rings. The van der Waals surface area contributed by atoms with Crippen LogP contribution in [0.5, 0.6) is 0 Å². The van der Waals surface area contributed by atoms with Crippen molar-refractivity contribution in [1.82, 2.24) is 5.32 Å². The van der Waals surface area contributed by atoms with E-state index in [2.05, 4.69) is 11.2 Å². The smallest absolute Gasteiger partial charge is 0.407 e. The number of hydrogen-bond donors (Lipinski definition) is 1. The van der Waals surface area contributed by atoms with Crippen molar-refractivity contribution in [3.8, 4) is 12.3 Å². The molecule has 1 N–H and O–H groups in total. The van der Waals surface area contributed by atoms with E-state index in [-0.39, 0.29) is 6.09 Å². The maximum Gasteiger partial charge on any atom is 0.407 e. The van der Waals surface area contributed by atoms with Gasteiger partial charge in [0.15, 0.2) is 0 Å². The van der Waals surface area contributed by atoms with Gasteiger partial charge in [0.25, 0.3) is 0 Å². The van der Waals surface area contributed by atoms with Crippen molar-refractivity contribution < 1.29 is 9.53 Å². The highest BCUT2D eigenvalue weighted by atomic mass is 16.6. The molecular weight excluding hydrogens is 178 g/mol. The molecule has 14 heavy (non-hydrogen) atoms. The Morgan fingerprint density at radius 1 is 1.64 bits per heavy atom. The van der Waals surface area contributed by atoms with Gasteiger partial charge in [0.05, 0.1) is 0 Å². The molecule has 1 aliphatic carbocycles. The molecule has 0 saturated heterocycles. The van der Waals surface area contributed by atoms with Gasteiger partial charge < -0.3 is 10.1 Å². The molecular formula is C11H17NO2. The topological polar surface area (TPSA) is 38.3 Å². The molecule has 0 aromatic carbocycles. The third-order valence-corrected chi connectivity index (χ3v) is 2.04. The van der Waals surface area contributed by atoms with E-state index >= 15 is 0 Å². The van der Waals surface area contributed by atoms with Crippen molar-refractivity contribution in [3.63, 3.8) is 0 Å². The molecule has 2 atom stereocenters. The van der Waals surface area contributed by atoms with Gasteiger partial charge in [-0.1, -0.05) is 0 Å². The summed E-state index contributed by atoms with van der Waals surface area (Å²) in [7, 11) is 0. The first-order valence-corrected chi connectivity index (χ1v) is 4.85. The summed E-state index contributed by atoms with van der Waals surface area (Å²) < 4.78 is 5.08. The van der Waals surface area contributed by atoms with Gasteiger partial charge in [0.1, 0.15) is 5.60 Å². The first-order chi connectivity index (χ1) is 6.42. The number of carbonyl (C=O) groups is 1. The summed E-state index contributed by atoms with van der Waals surface area (Å²) in [5, 5.41) is 2.71. The van der Waals surface area contributed by atoms with E-state index < -0.39 is 5.60 Å². The fourth-order valence-electron chi connectivity index (χ4n) is 1.21. The van der Waals surface area contributed by atoms with Crippen molar-refractivity contribution in [2.45, 2.75) is 32.8 Å². The van der Waals surface area contributed by atoms with Crippen molar-refractivity contribution >= 4 is 6.09 Å². The molecule has 0 bridgehead atoms. The van der Waals surface area contributed by atoms with E-state index in [0.29, 0.717) is 18.4 Å². The van der Waals surface area contributed by atoms with Crippen LogP contribution in [-0.4, -0.2) is 18.2 Å². The van der Waals surface area contributed by atoms with Gasteiger partial charge in [-0.25, -0.2) is 4.79 Å². The van der Waals surface area contributed by atoms with Crippen LogP contribution in [0.15, 0.2) is 0 Å². The third kappa shape index (κ3) is 3.69. The number of nitrogens with one attached hydrogen (secondary N) is 1. The summed E-state index contributed by atoms with van der Waals surface area (Å²) in [6.45, 7) is 6.15. The van der Waals surface area contributed by atoms with Crippen LogP contribution in [0.4, 0.5) is 4.79 Å². The summed E-state index contributed by atoms with van der Waals surface area (Å²) >= 11 is 0. The van der Waals surface area contributed by atoms with E-state index in [1.54, 1.807) is 0 Å². The van der Waals surface area contributed by atoms with E-state index in [9.17, 15) is 4.79 Å². The van der Waals surface area contributed by atoms with Gasteiger partial charge in [-0.05, 0) is 33.1 Å². The minimum Gasteiger partial charge on any atom is -0.444 e. The second-order valence-electron chi connectivity index (χ2n) is 4.65. The molecule has 3 nitrogen and oxygen atoms in total. The molecule has 3 heteroatoms. The zero-order chi connectivity index (χ0) is 10.8. The van der Waals surface area contributed by atoms with E-state index in [4.69, 9.17) is 11.2 Å². The van der Waals surface area contributed by atoms with Crippen molar-refractivity contribution in [2.24, 2.45) is 11.8 Å². The fraction of sp³-hybridized carbons (Fsp3) is 0.727. The first kappa shape index (κ1) is 10.9. The lowest BCUT2D eigenvalue weighted by atomic mass is 10.2. The van der Waals surface area contributed by atoms with Crippen LogP contribution >= 0.6 is 0 Å². The number of rotatable bonds is 2. The molecule has 0 aliphatic heterocycles. The van der Waals surface area contributed by atoms with E-state index in [1.807, 2.05) is 20.8 Å². The quantitative estimate of drug-likeness (QED) is 0.682. The van der Waals surface area contributed by atoms with E-state index in [0.717, 1.165) is 6.42 Å². The maximum absolute atomic E-state index is 11.2. The normalized spacial score (nSPS) is 25.0. The number of ether oxygens (including phenoxy) is 1. The second-order valence-corrected chi connectivity index (χ2v) is 4.65. The Morgan fingerprint density at radius 3 is 2.71 bits per heavy atom. The third-order valence-electron chi connectivity index (χ3n) is 2.04. The predicted molar refractivity (Wildman–Crippen MR) is 54.7 cm³/mol. The minimum absolute atomic E-state index is 0.352. The SMILES string of the molecule is C#C[C@@H]1C[C@@H]1CNC(=O)OC(C)(C)C. The van der Waals surface area contributed by atoms with Crippen molar-refractivity contribution in [3.05, 3.63) is 0 Å². The summed E-state index contributed by atoms with van der Waals surface area (Å²) in [5.74, 6) is 3.47. The average Bonchev–Trinajstić information content (AvgIpc) is 2.76. The van der Waals surface area contributed by atoms with Crippen molar-refractivity contribution in [1.29, 1.82) is 0 Å². The summed E-state index contributed by atoms with van der Waals surface area (Å²) in [4.78, 5) is 11.2. The Bertz CT molecular complexity index is 259. The fourth-order valence-corrected chi connectivity index (χ4v) is 1.21. The Balaban J connectivity index is 2.14. The predicted octanol–water partition coefficient (Wildman–Crippen LogP) is 1.78. The van der Waals surface area contributed by atoms with Crippen LogP contribution in [0, 0.1) is 24.2 Å². The molecule has 0 radical (unpaired) electrons. The number of carbonyl (C=O) groups excluding carboxylic acids is 1. The van der Waals surface area contributed by atoms with Gasteiger partial charge in [0.2, 0.25) is 0 Å². The lowest BCUT2D eigenvalue weighted by molar-refractivity contribution is 0.0525. The van der Waals surface area contributed by atoms with Crippen LogP contribution in [0.25, 0.3) is 0 Å². The zero-order valence-corrected chi connectivity index (χ0v) is 8.96. The highest BCUT2D eigenvalue weighted by Gasteiger charge is 2.35. The van der Waals surface area contributed by atoms with Crippen LogP contribution in [0.3, 0.4) is 0 Å². The van der Waals surface area contributed by atoms with Gasteiger partial charge in [-0.3, -0.25) is 0 Å². The molecule has 0 aromatic heterocycles. The molecule has 1 rings (SSSR count). The lowest BCUT2D eigenvalue weighted by Crippen LogP contribution is -2.33. The Kier molecular flexibility index (Phi) is 3.05. The Morgan fingerprint density at radius 2 is 2.29 bits per heavy atom. The molecule has 78 valence electrons. The molecule has 0 unspecified atom stereocenters. The van der Waals surface area contributed by atoms with Gasteiger partial charge >= 0.3 is 6.09 Å². The Labute approximate surface area is 85.2 Å². The average molecular weight is 195 g/mol. The number of amides is 1. The van der Waals surface area contributed by atoms with Crippen molar-refractivity contribution in [2.75, 3.05) is 6.54 Å². The molecule has 0 heterocycles. The molecule has 1 amide bonds. The Hall–Kier alpha value is -1.17. The second kappa shape index (κ2) is 3.91. The monoisotopic (exact) mass is 195 g/mol.